The molecule has 1 amide bonds. The fraction of sp³-hybridized carbons (Fsp3) is 0.286. The summed E-state index contributed by atoms with van der Waals surface area (Å²) in [6.07, 6.45) is 0.514. The molecule has 3 N–H and O–H groups in total. The Labute approximate surface area is 164 Å². The Morgan fingerprint density at radius 2 is 1.71 bits per heavy atom. The summed E-state index contributed by atoms with van der Waals surface area (Å²) in [5.41, 5.74) is 1.14. The molecule has 0 radical (unpaired) electrons. The Morgan fingerprint density at radius 3 is 2.25 bits per heavy atom. The first-order valence-corrected chi connectivity index (χ1v) is 8.73. The molecule has 0 saturated carbocycles. The van der Waals surface area contributed by atoms with Gasteiger partial charge in [0.15, 0.2) is 6.29 Å². The molecule has 2 aromatic carbocycles. The van der Waals surface area contributed by atoms with Crippen LogP contribution >= 0.6 is 0 Å². The van der Waals surface area contributed by atoms with E-state index in [-0.39, 0.29) is 23.7 Å². The van der Waals surface area contributed by atoms with E-state index in [0.717, 1.165) is 11.5 Å². The van der Waals surface area contributed by atoms with Crippen molar-refractivity contribution < 1.29 is 29.3 Å². The lowest BCUT2D eigenvalue weighted by Crippen LogP contribution is -2.29. The van der Waals surface area contributed by atoms with Gasteiger partial charge in [-0.05, 0) is 35.7 Å². The van der Waals surface area contributed by atoms with Crippen molar-refractivity contribution in [2.45, 2.75) is 27.4 Å². The van der Waals surface area contributed by atoms with Gasteiger partial charge in [-0.2, -0.15) is 0 Å². The lowest BCUT2D eigenvalue weighted by Gasteiger charge is -2.10. The quantitative estimate of drug-likeness (QED) is 0.629. The second-order valence-electron chi connectivity index (χ2n) is 6.60. The molecule has 0 bridgehead atoms. The van der Waals surface area contributed by atoms with Crippen LogP contribution in [0.3, 0.4) is 0 Å². The number of aromatic hydroxyl groups is 1. The summed E-state index contributed by atoms with van der Waals surface area (Å²) in [5, 5.41) is 20.4. The van der Waals surface area contributed by atoms with Crippen LogP contribution in [0.2, 0.25) is 0 Å². The monoisotopic (exact) mass is 387 g/mol. The van der Waals surface area contributed by atoms with Gasteiger partial charge >= 0.3 is 5.97 Å². The van der Waals surface area contributed by atoms with Crippen LogP contribution in [0.4, 0.5) is 0 Å². The first-order valence-electron chi connectivity index (χ1n) is 8.73. The van der Waals surface area contributed by atoms with Gasteiger partial charge in [0, 0.05) is 5.56 Å². The van der Waals surface area contributed by atoms with Gasteiger partial charge in [-0.25, -0.2) is 0 Å². The zero-order valence-corrected chi connectivity index (χ0v) is 16.1. The van der Waals surface area contributed by atoms with Gasteiger partial charge in [0.05, 0.1) is 5.56 Å². The summed E-state index contributed by atoms with van der Waals surface area (Å²) in [6, 6.07) is 10.9. The molecule has 0 aromatic heterocycles. The van der Waals surface area contributed by atoms with Crippen LogP contribution in [-0.4, -0.2) is 34.9 Å². The summed E-state index contributed by atoms with van der Waals surface area (Å²) in [4.78, 5) is 33.1. The van der Waals surface area contributed by atoms with Gasteiger partial charge in [0.1, 0.15) is 24.7 Å². The summed E-state index contributed by atoms with van der Waals surface area (Å²) in [5.74, 6) is -0.673. The second kappa shape index (κ2) is 11.4. The van der Waals surface area contributed by atoms with E-state index < -0.39 is 18.4 Å². The topological polar surface area (TPSA) is 113 Å². The van der Waals surface area contributed by atoms with Gasteiger partial charge in [-0.15, -0.1) is 0 Å². The number of amides is 1. The zero-order valence-electron chi connectivity index (χ0n) is 16.1. The van der Waals surface area contributed by atoms with Crippen LogP contribution in [0.15, 0.2) is 42.5 Å². The van der Waals surface area contributed by atoms with Crippen molar-refractivity contribution in [3.05, 3.63) is 59.2 Å². The maximum absolute atomic E-state index is 11.7. The van der Waals surface area contributed by atoms with E-state index in [9.17, 15) is 19.5 Å². The number of carbonyl (C=O) groups excluding carboxylic acids is 2. The molecular formula is C21H25NO6. The molecule has 28 heavy (non-hydrogen) atoms. The smallest absolute Gasteiger partial charge is 0.322 e. The molecule has 0 aliphatic heterocycles. The zero-order chi connectivity index (χ0) is 21.1. The fourth-order valence-corrected chi connectivity index (χ4v) is 1.95. The minimum Gasteiger partial charge on any atom is -0.507 e. The van der Waals surface area contributed by atoms with Crippen molar-refractivity contribution in [3.63, 3.8) is 0 Å². The average molecular weight is 387 g/mol. The normalized spacial score (nSPS) is 9.86. The predicted molar refractivity (Wildman–Crippen MR) is 105 cm³/mol. The minimum absolute atomic E-state index is 0.0715. The fourth-order valence-electron chi connectivity index (χ4n) is 1.95. The maximum Gasteiger partial charge on any atom is 0.322 e. The summed E-state index contributed by atoms with van der Waals surface area (Å²) < 4.78 is 5.50. The van der Waals surface area contributed by atoms with E-state index in [1.54, 1.807) is 36.4 Å². The number of benzene rings is 2. The number of aliphatic carboxylic acids is 1. The van der Waals surface area contributed by atoms with Crippen LogP contribution in [0, 0.1) is 5.92 Å². The van der Waals surface area contributed by atoms with Gasteiger partial charge in [0.25, 0.3) is 5.91 Å². The number of aldehydes is 1. The number of carboxylic acid groups (broad SMARTS) is 1. The van der Waals surface area contributed by atoms with Gasteiger partial charge in [-0.1, -0.05) is 39.0 Å². The van der Waals surface area contributed by atoms with Crippen LogP contribution in [0.5, 0.6) is 11.5 Å². The lowest BCUT2D eigenvalue weighted by atomic mass is 10.1. The molecule has 0 aliphatic rings. The Bertz CT molecular complexity index is 796. The van der Waals surface area contributed by atoms with Gasteiger partial charge < -0.3 is 20.3 Å². The van der Waals surface area contributed by atoms with E-state index >= 15 is 0 Å². The largest absolute Gasteiger partial charge is 0.507 e. The molecule has 0 aliphatic carbocycles. The highest BCUT2D eigenvalue weighted by Crippen LogP contribution is 2.26. The van der Waals surface area contributed by atoms with Crippen LogP contribution in [-0.2, 0) is 11.4 Å². The summed E-state index contributed by atoms with van der Waals surface area (Å²) in [6.45, 7) is 6.19. The van der Waals surface area contributed by atoms with Crippen molar-refractivity contribution in [2.24, 2.45) is 5.92 Å². The second-order valence-corrected chi connectivity index (χ2v) is 6.60. The lowest BCUT2D eigenvalue weighted by molar-refractivity contribution is -0.135. The Morgan fingerprint density at radius 1 is 1.11 bits per heavy atom. The molecule has 7 nitrogen and oxygen atoms in total. The molecular weight excluding hydrogens is 362 g/mol. The first kappa shape index (κ1) is 22.7. The van der Waals surface area contributed by atoms with Crippen molar-refractivity contribution in [1.29, 1.82) is 0 Å². The molecule has 0 atom stereocenters. The number of phenols is 1. The number of rotatable bonds is 7. The number of phenolic OH excluding ortho intramolecular Hbond substituents is 1. The number of hydrogen-bond donors (Lipinski definition) is 3. The molecule has 150 valence electrons. The van der Waals surface area contributed by atoms with Gasteiger partial charge in [-0.3, -0.25) is 14.4 Å². The molecule has 0 unspecified atom stereocenters. The average Bonchev–Trinajstić information content (AvgIpc) is 2.64. The minimum atomic E-state index is -1.12. The van der Waals surface area contributed by atoms with Crippen molar-refractivity contribution >= 4 is 18.2 Å². The third-order valence-corrected chi connectivity index (χ3v) is 3.17. The van der Waals surface area contributed by atoms with Gasteiger partial charge in [0.2, 0.25) is 0 Å². The molecule has 2 rings (SSSR count). The Balaban J connectivity index is 0.000000892. The van der Waals surface area contributed by atoms with Crippen molar-refractivity contribution in [3.8, 4) is 11.5 Å². The van der Waals surface area contributed by atoms with Crippen molar-refractivity contribution in [1.82, 2.24) is 5.32 Å². The number of hydrogen-bond acceptors (Lipinski definition) is 5. The SMILES string of the molecule is CC(C)C.O=Cc1c(O)cccc1OCc1ccc(C(=O)NCC(=O)O)cc1. The molecule has 7 heteroatoms. The van der Waals surface area contributed by atoms with Crippen LogP contribution < -0.4 is 10.1 Å². The third-order valence-electron chi connectivity index (χ3n) is 3.17. The number of ether oxygens (including phenoxy) is 1. The highest BCUT2D eigenvalue weighted by atomic mass is 16.5. The van der Waals surface area contributed by atoms with E-state index in [1.807, 2.05) is 0 Å². The third kappa shape index (κ3) is 7.90. The van der Waals surface area contributed by atoms with Crippen LogP contribution in [0.25, 0.3) is 0 Å². The van der Waals surface area contributed by atoms with E-state index in [0.29, 0.717) is 11.8 Å². The van der Waals surface area contributed by atoms with Crippen LogP contribution in [0.1, 0.15) is 47.1 Å². The highest BCUT2D eigenvalue weighted by Gasteiger charge is 2.09. The number of carbonyl (C=O) groups is 3. The molecule has 2 aromatic rings. The molecule has 0 spiro atoms. The number of nitrogens with one attached hydrogen (secondary N) is 1. The maximum atomic E-state index is 11.7. The molecule has 0 saturated heterocycles. The standard InChI is InChI=1S/C17H15NO6.C4H10/c19-9-13-14(20)2-1-3-15(13)24-10-11-4-6-12(7-5-11)17(23)18-8-16(21)22;1-4(2)3/h1-7,9,20H,8,10H2,(H,18,23)(H,21,22);4H,1-3H3. The van der Waals surface area contributed by atoms with E-state index in [1.165, 1.54) is 6.07 Å². The molecule has 0 heterocycles. The number of carboxylic acids is 1. The van der Waals surface area contributed by atoms with Crippen molar-refractivity contribution in [2.75, 3.05) is 6.54 Å². The van der Waals surface area contributed by atoms with E-state index in [2.05, 4.69) is 26.1 Å². The first-order chi connectivity index (χ1) is 13.2. The molecule has 0 fully saturated rings. The summed E-state index contributed by atoms with van der Waals surface area (Å²) >= 11 is 0. The highest BCUT2D eigenvalue weighted by molar-refractivity contribution is 5.95. The predicted octanol–water partition coefficient (Wildman–Crippen LogP) is 3.26. The van der Waals surface area contributed by atoms with E-state index in [4.69, 9.17) is 9.84 Å². The Kier molecular flexibility index (Phi) is 9.22. The Hall–Kier alpha value is -3.35. The summed E-state index contributed by atoms with van der Waals surface area (Å²) in [7, 11) is 0.